The second-order valence-electron chi connectivity index (χ2n) is 4.88. The predicted molar refractivity (Wildman–Crippen MR) is 58.8 cm³/mol. The minimum absolute atomic E-state index is 0.0279. The molecular formula is C12H17NO3. The normalized spacial score (nSPS) is 30.8. The third-order valence-corrected chi connectivity index (χ3v) is 3.70. The largest absolute Gasteiger partial charge is 0.480 e. The number of hydrogen-bond donors (Lipinski definition) is 2. The van der Waals surface area contributed by atoms with Crippen molar-refractivity contribution in [1.29, 1.82) is 0 Å². The lowest BCUT2D eigenvalue weighted by molar-refractivity contribution is -0.143. The Morgan fingerprint density at radius 3 is 2.50 bits per heavy atom. The summed E-state index contributed by atoms with van der Waals surface area (Å²) in [4.78, 5) is 22.8. The van der Waals surface area contributed by atoms with E-state index in [-0.39, 0.29) is 11.8 Å². The number of allylic oxidation sites excluding steroid dienone is 1. The minimum Gasteiger partial charge on any atom is -0.480 e. The Labute approximate surface area is 94.7 Å². The van der Waals surface area contributed by atoms with Gasteiger partial charge in [0.15, 0.2) is 0 Å². The monoisotopic (exact) mass is 223 g/mol. The molecule has 0 unspecified atom stereocenters. The number of carbonyl (C=O) groups excluding carboxylic acids is 1. The number of aliphatic carboxylic acids is 1. The van der Waals surface area contributed by atoms with Gasteiger partial charge in [-0.05, 0) is 38.0 Å². The standard InChI is InChI=1S/C12H17NO3/c1-2-8-3-4-9(7-8)10(14)13-12(5-6-12)11(15)16/h2,8-9H,1,3-7H2,(H,13,14)(H,15,16)/t8-,9-/m0/s1. The van der Waals surface area contributed by atoms with Gasteiger partial charge in [-0.15, -0.1) is 6.58 Å². The molecule has 0 saturated heterocycles. The van der Waals surface area contributed by atoms with Gasteiger partial charge in [0.2, 0.25) is 5.91 Å². The molecule has 0 aliphatic heterocycles. The van der Waals surface area contributed by atoms with Gasteiger partial charge >= 0.3 is 5.97 Å². The molecule has 0 radical (unpaired) electrons. The average molecular weight is 223 g/mol. The van der Waals surface area contributed by atoms with Gasteiger partial charge in [0.05, 0.1) is 0 Å². The molecule has 2 aliphatic carbocycles. The highest BCUT2D eigenvalue weighted by Gasteiger charge is 2.52. The van der Waals surface area contributed by atoms with Gasteiger partial charge in [-0.2, -0.15) is 0 Å². The number of nitrogens with one attached hydrogen (secondary N) is 1. The molecule has 88 valence electrons. The van der Waals surface area contributed by atoms with E-state index < -0.39 is 11.5 Å². The second-order valence-corrected chi connectivity index (χ2v) is 4.88. The van der Waals surface area contributed by atoms with Crippen LogP contribution in [0.2, 0.25) is 0 Å². The van der Waals surface area contributed by atoms with Gasteiger partial charge in [0, 0.05) is 5.92 Å². The van der Waals surface area contributed by atoms with Crippen LogP contribution in [0.25, 0.3) is 0 Å². The minimum atomic E-state index is -0.941. The zero-order valence-corrected chi connectivity index (χ0v) is 9.24. The Bertz CT molecular complexity index is 333. The summed E-state index contributed by atoms with van der Waals surface area (Å²) < 4.78 is 0. The van der Waals surface area contributed by atoms with Crippen molar-refractivity contribution >= 4 is 11.9 Å². The highest BCUT2D eigenvalue weighted by molar-refractivity contribution is 5.90. The molecule has 2 rings (SSSR count). The van der Waals surface area contributed by atoms with Crippen molar-refractivity contribution in [1.82, 2.24) is 5.32 Å². The summed E-state index contributed by atoms with van der Waals surface area (Å²) >= 11 is 0. The summed E-state index contributed by atoms with van der Waals surface area (Å²) in [6.07, 6.45) is 5.65. The van der Waals surface area contributed by atoms with E-state index in [4.69, 9.17) is 5.11 Å². The van der Waals surface area contributed by atoms with Crippen molar-refractivity contribution in [2.45, 2.75) is 37.6 Å². The van der Waals surface area contributed by atoms with E-state index in [1.54, 1.807) is 0 Å². The fraction of sp³-hybridized carbons (Fsp3) is 0.667. The molecule has 2 fully saturated rings. The van der Waals surface area contributed by atoms with Crippen LogP contribution in [0.3, 0.4) is 0 Å². The predicted octanol–water partition coefficient (Wildman–Crippen LogP) is 1.32. The maximum Gasteiger partial charge on any atom is 0.329 e. The van der Waals surface area contributed by atoms with E-state index >= 15 is 0 Å². The van der Waals surface area contributed by atoms with Crippen molar-refractivity contribution in [3.63, 3.8) is 0 Å². The van der Waals surface area contributed by atoms with Gasteiger partial charge in [-0.25, -0.2) is 4.79 Å². The van der Waals surface area contributed by atoms with Crippen molar-refractivity contribution < 1.29 is 14.7 Å². The topological polar surface area (TPSA) is 66.4 Å². The number of carboxylic acid groups (broad SMARTS) is 1. The summed E-state index contributed by atoms with van der Waals surface area (Å²) in [5, 5.41) is 11.6. The molecule has 2 N–H and O–H groups in total. The molecule has 0 spiro atoms. The summed E-state index contributed by atoms with van der Waals surface area (Å²) in [6.45, 7) is 3.73. The van der Waals surface area contributed by atoms with Gasteiger partial charge < -0.3 is 10.4 Å². The van der Waals surface area contributed by atoms with Crippen LogP contribution in [0, 0.1) is 11.8 Å². The zero-order valence-electron chi connectivity index (χ0n) is 9.24. The van der Waals surface area contributed by atoms with Crippen molar-refractivity contribution in [2.24, 2.45) is 11.8 Å². The maximum atomic E-state index is 11.9. The lowest BCUT2D eigenvalue weighted by Gasteiger charge is -2.16. The number of carboxylic acids is 1. The van der Waals surface area contributed by atoms with Crippen molar-refractivity contribution in [3.05, 3.63) is 12.7 Å². The van der Waals surface area contributed by atoms with E-state index in [1.165, 1.54) is 0 Å². The van der Waals surface area contributed by atoms with Gasteiger partial charge in [0.25, 0.3) is 0 Å². The van der Waals surface area contributed by atoms with Crippen LogP contribution < -0.4 is 5.32 Å². The lowest BCUT2D eigenvalue weighted by Crippen LogP contribution is -2.45. The van der Waals surface area contributed by atoms with Crippen LogP contribution in [0.5, 0.6) is 0 Å². The number of carbonyl (C=O) groups is 2. The van der Waals surface area contributed by atoms with Crippen LogP contribution in [0.1, 0.15) is 32.1 Å². The zero-order chi connectivity index (χ0) is 11.8. The van der Waals surface area contributed by atoms with Crippen LogP contribution >= 0.6 is 0 Å². The summed E-state index contributed by atoms with van der Waals surface area (Å²) in [6, 6.07) is 0. The Morgan fingerprint density at radius 2 is 2.06 bits per heavy atom. The van der Waals surface area contributed by atoms with Gasteiger partial charge in [0.1, 0.15) is 5.54 Å². The first-order valence-electron chi connectivity index (χ1n) is 5.75. The number of amides is 1. The van der Waals surface area contributed by atoms with E-state index in [1.807, 2.05) is 6.08 Å². The highest BCUT2D eigenvalue weighted by atomic mass is 16.4. The third kappa shape index (κ3) is 1.96. The second kappa shape index (κ2) is 3.92. The van der Waals surface area contributed by atoms with Crippen LogP contribution in [-0.2, 0) is 9.59 Å². The number of rotatable bonds is 4. The molecule has 4 nitrogen and oxygen atoms in total. The average Bonchev–Trinajstić information content (AvgIpc) is 2.88. The first-order valence-corrected chi connectivity index (χ1v) is 5.75. The molecule has 0 aromatic carbocycles. The van der Waals surface area contributed by atoms with Crippen molar-refractivity contribution in [3.8, 4) is 0 Å². The quantitative estimate of drug-likeness (QED) is 0.706. The molecule has 0 heterocycles. The Morgan fingerprint density at radius 1 is 1.38 bits per heavy atom. The molecule has 2 atom stereocenters. The smallest absolute Gasteiger partial charge is 0.329 e. The number of hydrogen-bond acceptors (Lipinski definition) is 2. The van der Waals surface area contributed by atoms with Gasteiger partial charge in [-0.3, -0.25) is 4.79 Å². The SMILES string of the molecule is C=C[C@H]1CC[C@H](C(=O)NC2(C(=O)O)CC2)C1. The fourth-order valence-electron chi connectivity index (χ4n) is 2.32. The summed E-state index contributed by atoms with van der Waals surface area (Å²) in [5.74, 6) is -0.612. The molecule has 0 bridgehead atoms. The van der Waals surface area contributed by atoms with Crippen LogP contribution in [0.15, 0.2) is 12.7 Å². The molecular weight excluding hydrogens is 206 g/mol. The first kappa shape index (κ1) is 11.2. The van der Waals surface area contributed by atoms with E-state index in [9.17, 15) is 9.59 Å². The third-order valence-electron chi connectivity index (χ3n) is 3.70. The van der Waals surface area contributed by atoms with E-state index in [0.717, 1.165) is 19.3 Å². The Hall–Kier alpha value is -1.32. The van der Waals surface area contributed by atoms with E-state index in [2.05, 4.69) is 11.9 Å². The summed E-state index contributed by atoms with van der Waals surface area (Å²) in [5.41, 5.74) is -0.941. The Kier molecular flexibility index (Phi) is 2.74. The van der Waals surface area contributed by atoms with E-state index in [0.29, 0.717) is 18.8 Å². The first-order chi connectivity index (χ1) is 7.57. The summed E-state index contributed by atoms with van der Waals surface area (Å²) in [7, 11) is 0. The maximum absolute atomic E-state index is 11.9. The van der Waals surface area contributed by atoms with Crippen LogP contribution in [-0.4, -0.2) is 22.5 Å². The van der Waals surface area contributed by atoms with Crippen molar-refractivity contribution in [2.75, 3.05) is 0 Å². The molecule has 16 heavy (non-hydrogen) atoms. The molecule has 0 aromatic rings. The molecule has 1 amide bonds. The molecule has 2 saturated carbocycles. The van der Waals surface area contributed by atoms with Gasteiger partial charge in [-0.1, -0.05) is 6.08 Å². The Balaban J connectivity index is 1.90. The lowest BCUT2D eigenvalue weighted by atomic mass is 10.0. The van der Waals surface area contributed by atoms with Crippen LogP contribution in [0.4, 0.5) is 0 Å². The molecule has 4 heteroatoms. The fourth-order valence-corrected chi connectivity index (χ4v) is 2.32. The highest BCUT2D eigenvalue weighted by Crippen LogP contribution is 2.38. The molecule has 0 aromatic heterocycles. The molecule has 2 aliphatic rings.